The molecule has 1 fully saturated rings. The molecule has 3 N–H and O–H groups in total. The number of carbonyl (C=O) groups excluding carboxylic acids is 1. The molecule has 1 saturated heterocycles. The summed E-state index contributed by atoms with van der Waals surface area (Å²) in [5, 5.41) is 16.9. The zero-order valence-corrected chi connectivity index (χ0v) is 18.7. The van der Waals surface area contributed by atoms with Gasteiger partial charge in [0, 0.05) is 35.2 Å². The molecule has 0 saturated carbocycles. The van der Waals surface area contributed by atoms with Crippen LogP contribution in [0, 0.1) is 23.1 Å². The van der Waals surface area contributed by atoms with Gasteiger partial charge < -0.3 is 5.32 Å². The van der Waals surface area contributed by atoms with Crippen molar-refractivity contribution in [2.24, 2.45) is 5.92 Å². The Morgan fingerprint density at radius 2 is 2.13 bits per heavy atom. The van der Waals surface area contributed by atoms with Gasteiger partial charge in [-0.2, -0.15) is 21.0 Å². The molecule has 4 rings (SSSR count). The van der Waals surface area contributed by atoms with E-state index in [1.54, 1.807) is 0 Å². The highest BCUT2D eigenvalue weighted by Crippen LogP contribution is 2.54. The predicted octanol–water partition coefficient (Wildman–Crippen LogP) is 3.89. The molecule has 1 aromatic carbocycles. The summed E-state index contributed by atoms with van der Waals surface area (Å²) in [5.41, 5.74) is 2.48. The molecule has 9 heteroatoms. The fourth-order valence-corrected chi connectivity index (χ4v) is 6.83. The minimum Gasteiger partial charge on any atom is -0.348 e. The molecule has 1 aromatic heterocycles. The van der Waals surface area contributed by atoms with Gasteiger partial charge in [-0.3, -0.25) is 18.6 Å². The summed E-state index contributed by atoms with van der Waals surface area (Å²) in [5.74, 6) is -0.409. The normalized spacial score (nSPS) is 22.2. The molecular formula is C22H27FN4O3S. The molecular weight excluding hydrogens is 419 g/mol. The average Bonchev–Trinajstić information content (AvgIpc) is 3.05. The lowest BCUT2D eigenvalue weighted by Crippen LogP contribution is -2.62. The zero-order chi connectivity index (χ0) is 22.6. The van der Waals surface area contributed by atoms with Gasteiger partial charge in [-0.25, -0.2) is 4.39 Å². The van der Waals surface area contributed by atoms with Crippen molar-refractivity contribution in [3.05, 3.63) is 40.8 Å². The van der Waals surface area contributed by atoms with Crippen LogP contribution in [-0.4, -0.2) is 41.8 Å². The molecule has 2 heterocycles. The zero-order valence-electron chi connectivity index (χ0n) is 17.9. The molecule has 1 aliphatic heterocycles. The summed E-state index contributed by atoms with van der Waals surface area (Å²) < 4.78 is 35.9. The van der Waals surface area contributed by atoms with Crippen molar-refractivity contribution in [3.8, 4) is 17.3 Å². The molecule has 1 unspecified atom stereocenters. The van der Waals surface area contributed by atoms with Gasteiger partial charge in [0.05, 0.1) is 34.4 Å². The number of amides is 1. The van der Waals surface area contributed by atoms with Gasteiger partial charge in [-0.05, 0) is 51.8 Å². The molecule has 7 nitrogen and oxygen atoms in total. The summed E-state index contributed by atoms with van der Waals surface area (Å²) in [6, 6.07) is 6.34. The first-order valence-corrected chi connectivity index (χ1v) is 12.3. The molecule has 2 aromatic rings. The van der Waals surface area contributed by atoms with Crippen molar-refractivity contribution in [1.82, 2.24) is 15.1 Å². The van der Waals surface area contributed by atoms with E-state index >= 15 is 0 Å². The van der Waals surface area contributed by atoms with Crippen LogP contribution in [0.3, 0.4) is 0 Å². The van der Waals surface area contributed by atoms with Crippen molar-refractivity contribution in [2.45, 2.75) is 51.6 Å². The van der Waals surface area contributed by atoms with E-state index in [0.29, 0.717) is 36.1 Å². The number of hydrogen-bond acceptors (Lipinski definition) is 5. The minimum absolute atomic E-state index is 0.0312. The van der Waals surface area contributed by atoms with Crippen LogP contribution in [0.5, 0.6) is 0 Å². The Labute approximate surface area is 182 Å². The lowest BCUT2D eigenvalue weighted by molar-refractivity contribution is -0.126. The number of benzene rings is 1. The maximum atomic E-state index is 14.6. The minimum atomic E-state index is -2.56. The third-order valence-electron chi connectivity index (χ3n) is 6.04. The van der Waals surface area contributed by atoms with E-state index in [-0.39, 0.29) is 29.4 Å². The van der Waals surface area contributed by atoms with E-state index in [9.17, 15) is 23.6 Å². The first-order valence-electron chi connectivity index (χ1n) is 10.4. The number of carbonyl (C=O) groups is 1. The van der Waals surface area contributed by atoms with Crippen molar-refractivity contribution in [1.29, 1.82) is 5.26 Å². The lowest BCUT2D eigenvalue weighted by Gasteiger charge is -2.54. The standard InChI is InChI=1S/C22H27FN4O3S/c1-13(2)27-19-9-15(21(28)25-22(3)11-31(29,30)12-22)5-6-16(19)20(26-27)17-8-14(10-24)4-7-18(17)23/h4,7-8,13,15,29-30H,5-6,9,11-12H2,1-3H3,(H,25,28). The second-order valence-corrected chi connectivity index (χ2v) is 11.4. The summed E-state index contributed by atoms with van der Waals surface area (Å²) in [6.45, 7) is 5.81. The van der Waals surface area contributed by atoms with Crippen LogP contribution in [0.25, 0.3) is 11.3 Å². The van der Waals surface area contributed by atoms with Gasteiger partial charge in [-0.15, -0.1) is 0 Å². The van der Waals surface area contributed by atoms with Gasteiger partial charge in [-0.1, -0.05) is 0 Å². The number of nitrogens with zero attached hydrogens (tertiary/aromatic N) is 3. The summed E-state index contributed by atoms with van der Waals surface area (Å²) in [7, 11) is -2.56. The van der Waals surface area contributed by atoms with Gasteiger partial charge in [0.15, 0.2) is 0 Å². The van der Waals surface area contributed by atoms with E-state index in [1.165, 1.54) is 18.2 Å². The highest BCUT2D eigenvalue weighted by Gasteiger charge is 2.46. The number of nitrogens with one attached hydrogen (secondary N) is 1. The van der Waals surface area contributed by atoms with E-state index in [0.717, 1.165) is 11.3 Å². The number of aromatic nitrogens is 2. The summed E-state index contributed by atoms with van der Waals surface area (Å²) >= 11 is 0. The Morgan fingerprint density at radius 3 is 2.74 bits per heavy atom. The maximum absolute atomic E-state index is 14.6. The molecule has 166 valence electrons. The third-order valence-corrected chi connectivity index (χ3v) is 8.23. The van der Waals surface area contributed by atoms with Gasteiger partial charge >= 0.3 is 0 Å². The van der Waals surface area contributed by atoms with Crippen molar-refractivity contribution < 1.29 is 18.3 Å². The Balaban J connectivity index is 1.63. The van der Waals surface area contributed by atoms with Crippen molar-refractivity contribution >= 4 is 16.5 Å². The number of fused-ring (bicyclic) bond motifs is 1. The van der Waals surface area contributed by atoms with Crippen LogP contribution in [0.1, 0.15) is 50.1 Å². The molecule has 1 atom stereocenters. The largest absolute Gasteiger partial charge is 0.348 e. The average molecular weight is 447 g/mol. The SMILES string of the molecule is CC(C)n1nc(-c2cc(C#N)ccc2F)c2c1CC(C(=O)NC1(C)CS(O)(O)C1)CC2. The number of halogens is 1. The summed E-state index contributed by atoms with van der Waals surface area (Å²) in [6.07, 6.45) is 1.66. The van der Waals surface area contributed by atoms with Crippen molar-refractivity contribution in [2.75, 3.05) is 11.5 Å². The van der Waals surface area contributed by atoms with E-state index in [4.69, 9.17) is 0 Å². The van der Waals surface area contributed by atoms with E-state index < -0.39 is 21.9 Å². The fraction of sp³-hybridized carbons (Fsp3) is 0.500. The highest BCUT2D eigenvalue weighted by molar-refractivity contribution is 8.25. The monoisotopic (exact) mass is 446 g/mol. The molecule has 2 aliphatic rings. The predicted molar refractivity (Wildman–Crippen MR) is 117 cm³/mol. The van der Waals surface area contributed by atoms with Gasteiger partial charge in [0.1, 0.15) is 5.82 Å². The third kappa shape index (κ3) is 4.07. The van der Waals surface area contributed by atoms with Crippen LogP contribution in [0.2, 0.25) is 0 Å². The fourth-order valence-electron chi connectivity index (χ4n) is 4.73. The van der Waals surface area contributed by atoms with Gasteiger partial charge in [0.2, 0.25) is 5.91 Å². The van der Waals surface area contributed by atoms with E-state index in [1.807, 2.05) is 31.5 Å². The Hall–Kier alpha value is -2.41. The van der Waals surface area contributed by atoms with Crippen molar-refractivity contribution in [3.63, 3.8) is 0 Å². The molecule has 0 spiro atoms. The molecule has 31 heavy (non-hydrogen) atoms. The van der Waals surface area contributed by atoms with Crippen LogP contribution >= 0.6 is 10.6 Å². The molecule has 0 bridgehead atoms. The Morgan fingerprint density at radius 1 is 1.42 bits per heavy atom. The molecule has 1 amide bonds. The van der Waals surface area contributed by atoms with Crippen LogP contribution < -0.4 is 5.32 Å². The number of rotatable bonds is 4. The van der Waals surface area contributed by atoms with Crippen LogP contribution in [0.15, 0.2) is 18.2 Å². The number of hydrogen-bond donors (Lipinski definition) is 3. The molecule has 0 radical (unpaired) electrons. The van der Waals surface area contributed by atoms with Crippen LogP contribution in [0.4, 0.5) is 4.39 Å². The second-order valence-electron chi connectivity index (χ2n) is 9.20. The quantitative estimate of drug-likeness (QED) is 0.660. The van der Waals surface area contributed by atoms with Crippen LogP contribution in [-0.2, 0) is 17.6 Å². The topological polar surface area (TPSA) is 111 Å². The maximum Gasteiger partial charge on any atom is 0.224 e. The first kappa shape index (κ1) is 21.8. The van der Waals surface area contributed by atoms with E-state index in [2.05, 4.69) is 10.4 Å². The lowest BCUT2D eigenvalue weighted by atomic mass is 9.84. The number of nitriles is 1. The first-order chi connectivity index (χ1) is 14.5. The molecule has 1 aliphatic carbocycles. The highest BCUT2D eigenvalue weighted by atomic mass is 32.3. The van der Waals surface area contributed by atoms with Gasteiger partial charge in [0.25, 0.3) is 0 Å². The Kier molecular flexibility index (Phi) is 5.36. The summed E-state index contributed by atoms with van der Waals surface area (Å²) in [4.78, 5) is 12.9. The second kappa shape index (κ2) is 7.62. The smallest absolute Gasteiger partial charge is 0.224 e. The Bertz CT molecular complexity index is 1080.